The molecule has 1 aromatic carbocycles. The molecule has 6 nitrogen and oxygen atoms in total. The van der Waals surface area contributed by atoms with Crippen LogP contribution in [0.15, 0.2) is 18.2 Å². The van der Waals surface area contributed by atoms with Gasteiger partial charge in [0.2, 0.25) is 0 Å². The number of aryl methyl sites for hydroxylation is 1. The van der Waals surface area contributed by atoms with Crippen molar-refractivity contribution in [3.63, 3.8) is 0 Å². The maximum absolute atomic E-state index is 10.8. The van der Waals surface area contributed by atoms with Crippen LogP contribution in [0.25, 0.3) is 0 Å². The van der Waals surface area contributed by atoms with E-state index in [1.165, 1.54) is 0 Å². The largest absolute Gasteiger partial charge is 0.389 e. The van der Waals surface area contributed by atoms with Gasteiger partial charge in [-0.1, -0.05) is 0 Å². The summed E-state index contributed by atoms with van der Waals surface area (Å²) in [5.41, 5.74) is 1.21. The molecule has 0 aliphatic carbocycles. The van der Waals surface area contributed by atoms with Crippen molar-refractivity contribution in [1.29, 1.82) is 0 Å². The Kier molecular flexibility index (Phi) is 4.49. The Hall–Kier alpha value is -1.66. The van der Waals surface area contributed by atoms with Crippen LogP contribution in [-0.2, 0) is 0 Å². The number of nitro benzene ring substituents is 1. The highest BCUT2D eigenvalue weighted by Crippen LogP contribution is 2.25. The van der Waals surface area contributed by atoms with E-state index in [2.05, 4.69) is 9.80 Å². The van der Waals surface area contributed by atoms with E-state index in [4.69, 9.17) is 0 Å². The number of rotatable bonds is 4. The van der Waals surface area contributed by atoms with Crippen LogP contribution in [0.4, 0.5) is 11.4 Å². The third-order valence-electron chi connectivity index (χ3n) is 3.73. The summed E-state index contributed by atoms with van der Waals surface area (Å²) in [7, 11) is 0. The van der Waals surface area contributed by atoms with Gasteiger partial charge in [0, 0.05) is 50.0 Å². The summed E-state index contributed by atoms with van der Waals surface area (Å²) in [5.74, 6) is 0. The number of nitro groups is 1. The molecule has 1 aromatic rings. The van der Waals surface area contributed by atoms with Crippen molar-refractivity contribution < 1.29 is 10.0 Å². The van der Waals surface area contributed by atoms with Crippen molar-refractivity contribution in [3.05, 3.63) is 33.9 Å². The minimum absolute atomic E-state index is 0.166. The lowest BCUT2D eigenvalue weighted by atomic mass is 10.1. The van der Waals surface area contributed by atoms with Crippen LogP contribution in [-0.4, -0.2) is 53.3 Å². The molecule has 1 N–H and O–H groups in total. The fourth-order valence-corrected chi connectivity index (χ4v) is 2.75. The quantitative estimate of drug-likeness (QED) is 0.677. The molecule has 116 valence electrons. The maximum Gasteiger partial charge on any atom is 0.272 e. The van der Waals surface area contributed by atoms with E-state index in [-0.39, 0.29) is 10.6 Å². The summed E-state index contributed by atoms with van der Waals surface area (Å²) in [6.45, 7) is 9.59. The molecule has 0 unspecified atom stereocenters. The van der Waals surface area contributed by atoms with Gasteiger partial charge in [0.25, 0.3) is 5.69 Å². The molecule has 0 saturated carbocycles. The van der Waals surface area contributed by atoms with Crippen LogP contribution >= 0.6 is 0 Å². The molecular weight excluding hydrogens is 270 g/mol. The van der Waals surface area contributed by atoms with Gasteiger partial charge in [-0.2, -0.15) is 0 Å². The van der Waals surface area contributed by atoms with Crippen LogP contribution in [0.3, 0.4) is 0 Å². The van der Waals surface area contributed by atoms with E-state index in [0.29, 0.717) is 12.1 Å². The molecule has 0 bridgehead atoms. The first-order valence-corrected chi connectivity index (χ1v) is 7.21. The minimum atomic E-state index is -0.674. The van der Waals surface area contributed by atoms with Gasteiger partial charge in [0.1, 0.15) is 0 Å². The van der Waals surface area contributed by atoms with Gasteiger partial charge in [-0.3, -0.25) is 15.0 Å². The number of hydrogen-bond acceptors (Lipinski definition) is 5. The van der Waals surface area contributed by atoms with Crippen LogP contribution in [0.2, 0.25) is 0 Å². The van der Waals surface area contributed by atoms with Crippen molar-refractivity contribution >= 4 is 11.4 Å². The molecule has 1 aliphatic rings. The van der Waals surface area contributed by atoms with Gasteiger partial charge >= 0.3 is 0 Å². The van der Waals surface area contributed by atoms with E-state index in [1.54, 1.807) is 13.0 Å². The molecule has 0 aromatic heterocycles. The van der Waals surface area contributed by atoms with Crippen molar-refractivity contribution in [2.24, 2.45) is 0 Å². The normalized spacial score (nSPS) is 17.0. The minimum Gasteiger partial charge on any atom is -0.389 e. The van der Waals surface area contributed by atoms with E-state index in [9.17, 15) is 15.2 Å². The number of nitrogens with zero attached hydrogens (tertiary/aromatic N) is 3. The Balaban J connectivity index is 1.99. The third-order valence-corrected chi connectivity index (χ3v) is 3.73. The van der Waals surface area contributed by atoms with Crippen LogP contribution < -0.4 is 4.90 Å². The molecule has 0 radical (unpaired) electrons. The average molecular weight is 293 g/mol. The second-order valence-corrected chi connectivity index (χ2v) is 6.30. The third kappa shape index (κ3) is 4.15. The summed E-state index contributed by atoms with van der Waals surface area (Å²) in [6.07, 6.45) is 0. The monoisotopic (exact) mass is 293 g/mol. The van der Waals surface area contributed by atoms with E-state index in [1.807, 2.05) is 26.0 Å². The lowest BCUT2D eigenvalue weighted by Crippen LogP contribution is -2.50. The summed E-state index contributed by atoms with van der Waals surface area (Å²) >= 11 is 0. The molecule has 0 atom stereocenters. The van der Waals surface area contributed by atoms with Gasteiger partial charge in [0.15, 0.2) is 0 Å². The standard InChI is InChI=1S/C15H23N3O3/c1-12-10-13(4-5-14(12)18(20)21)17-8-6-16(7-9-17)11-15(2,3)19/h4-5,10,19H,6-9,11H2,1-3H3. The molecule has 2 rings (SSSR count). The van der Waals surface area contributed by atoms with Gasteiger partial charge in [0.05, 0.1) is 10.5 Å². The predicted octanol–water partition coefficient (Wildman–Crippen LogP) is 1.80. The zero-order valence-corrected chi connectivity index (χ0v) is 12.9. The van der Waals surface area contributed by atoms with Crippen LogP contribution in [0.5, 0.6) is 0 Å². The fraction of sp³-hybridized carbons (Fsp3) is 0.600. The smallest absolute Gasteiger partial charge is 0.272 e. The molecule has 1 saturated heterocycles. The van der Waals surface area contributed by atoms with Crippen molar-refractivity contribution in [2.45, 2.75) is 26.4 Å². The Morgan fingerprint density at radius 2 is 1.90 bits per heavy atom. The SMILES string of the molecule is Cc1cc(N2CCN(CC(C)(C)O)CC2)ccc1[N+](=O)[O-]. The van der Waals surface area contributed by atoms with Gasteiger partial charge < -0.3 is 10.0 Å². The van der Waals surface area contributed by atoms with Crippen molar-refractivity contribution in [3.8, 4) is 0 Å². The molecule has 21 heavy (non-hydrogen) atoms. The second-order valence-electron chi connectivity index (χ2n) is 6.30. The maximum atomic E-state index is 10.8. The number of piperazine rings is 1. The van der Waals surface area contributed by atoms with Gasteiger partial charge in [-0.05, 0) is 32.9 Å². The van der Waals surface area contributed by atoms with Crippen LogP contribution in [0, 0.1) is 17.0 Å². The number of hydrogen-bond donors (Lipinski definition) is 1. The lowest BCUT2D eigenvalue weighted by molar-refractivity contribution is -0.385. The molecule has 6 heteroatoms. The van der Waals surface area contributed by atoms with E-state index < -0.39 is 5.60 Å². The first-order valence-electron chi connectivity index (χ1n) is 7.21. The zero-order chi connectivity index (χ0) is 15.6. The fourth-order valence-electron chi connectivity index (χ4n) is 2.75. The Morgan fingerprint density at radius 1 is 1.29 bits per heavy atom. The topological polar surface area (TPSA) is 69.8 Å². The molecule has 1 aliphatic heterocycles. The number of benzene rings is 1. The number of anilines is 1. The molecule has 1 heterocycles. The number of aliphatic hydroxyl groups is 1. The highest BCUT2D eigenvalue weighted by Gasteiger charge is 2.23. The first kappa shape index (κ1) is 15.7. The Morgan fingerprint density at radius 3 is 2.38 bits per heavy atom. The van der Waals surface area contributed by atoms with E-state index in [0.717, 1.165) is 31.9 Å². The second kappa shape index (κ2) is 5.99. The van der Waals surface area contributed by atoms with Crippen LogP contribution in [0.1, 0.15) is 19.4 Å². The Labute approximate surface area is 125 Å². The summed E-state index contributed by atoms with van der Waals surface area (Å²) in [4.78, 5) is 15.0. The molecule has 1 fully saturated rings. The van der Waals surface area contributed by atoms with Crippen molar-refractivity contribution in [2.75, 3.05) is 37.6 Å². The van der Waals surface area contributed by atoms with Gasteiger partial charge in [-0.15, -0.1) is 0 Å². The summed E-state index contributed by atoms with van der Waals surface area (Å²) in [5, 5.41) is 20.7. The van der Waals surface area contributed by atoms with E-state index >= 15 is 0 Å². The summed E-state index contributed by atoms with van der Waals surface area (Å²) < 4.78 is 0. The molecule has 0 spiro atoms. The highest BCUT2D eigenvalue weighted by molar-refractivity contribution is 5.55. The lowest BCUT2D eigenvalue weighted by Gasteiger charge is -2.38. The Bertz CT molecular complexity index is 517. The molecular formula is C15H23N3O3. The molecule has 0 amide bonds. The average Bonchev–Trinajstić information content (AvgIpc) is 2.37. The zero-order valence-electron chi connectivity index (χ0n) is 12.9. The summed E-state index contributed by atoms with van der Waals surface area (Å²) in [6, 6.07) is 5.27. The van der Waals surface area contributed by atoms with Crippen molar-refractivity contribution in [1.82, 2.24) is 4.90 Å². The highest BCUT2D eigenvalue weighted by atomic mass is 16.6. The number of β-amino-alcohol motifs (C(OH)–C–C–N with tert-alkyl or cyclic N) is 1. The van der Waals surface area contributed by atoms with Gasteiger partial charge in [-0.25, -0.2) is 0 Å². The first-order chi connectivity index (χ1) is 9.76. The predicted molar refractivity (Wildman–Crippen MR) is 82.8 cm³/mol.